The zero-order valence-corrected chi connectivity index (χ0v) is 18.0. The van der Waals surface area contributed by atoms with Crippen LogP contribution in [0.15, 0.2) is 24.3 Å². The van der Waals surface area contributed by atoms with Crippen LogP contribution in [0.5, 0.6) is 11.5 Å². The fourth-order valence-electron chi connectivity index (χ4n) is 2.73. The second kappa shape index (κ2) is 10.5. The predicted molar refractivity (Wildman–Crippen MR) is 113 cm³/mol. The number of carboxylic acid groups (broad SMARTS) is 1. The van der Waals surface area contributed by atoms with E-state index >= 15 is 0 Å². The van der Waals surface area contributed by atoms with Gasteiger partial charge in [-0.15, -0.1) is 0 Å². The average molecular weight is 435 g/mol. The third-order valence-corrected chi connectivity index (χ3v) is 4.31. The number of anilines is 3. The Morgan fingerprint density at radius 3 is 2.19 bits per heavy atom. The summed E-state index contributed by atoms with van der Waals surface area (Å²) in [5, 5.41) is 14.9. The van der Waals surface area contributed by atoms with Crippen LogP contribution in [0.25, 0.3) is 0 Å². The molecule has 1 heterocycles. The highest BCUT2D eigenvalue weighted by molar-refractivity contribution is 5.96. The normalized spacial score (nSPS) is 11.6. The summed E-state index contributed by atoms with van der Waals surface area (Å²) in [6.07, 6.45) is 0. The van der Waals surface area contributed by atoms with Crippen molar-refractivity contribution in [2.75, 3.05) is 31.5 Å². The molecular formula is C21H26FN3O6. The molecule has 0 fully saturated rings. The van der Waals surface area contributed by atoms with Gasteiger partial charge in [-0.25, -0.2) is 19.0 Å². The summed E-state index contributed by atoms with van der Waals surface area (Å²) in [6.45, 7) is 5.07. The molecule has 0 radical (unpaired) electrons. The van der Waals surface area contributed by atoms with E-state index in [9.17, 15) is 19.1 Å². The van der Waals surface area contributed by atoms with Crippen molar-refractivity contribution in [3.05, 3.63) is 35.6 Å². The summed E-state index contributed by atoms with van der Waals surface area (Å²) in [6, 6.07) is 4.78. The molecule has 2 aromatic rings. The standard InChI is InChI=1S/C21H26FN3O6/c1-6-31-21(28)15-10-16(22)19(24-17(11(2)3)20(26)27)25-18(15)23-12-7-13(29-4)9-14(8-12)30-5/h7-11,17H,6H2,1-5H3,(H,26,27)(H2,23,24,25). The number of halogens is 1. The average Bonchev–Trinajstić information content (AvgIpc) is 2.72. The van der Waals surface area contributed by atoms with E-state index in [1.807, 2.05) is 0 Å². The Labute approximate surface area is 179 Å². The van der Waals surface area contributed by atoms with Crippen molar-refractivity contribution in [3.8, 4) is 11.5 Å². The van der Waals surface area contributed by atoms with Gasteiger partial charge in [-0.2, -0.15) is 0 Å². The van der Waals surface area contributed by atoms with E-state index in [2.05, 4.69) is 15.6 Å². The molecule has 0 saturated heterocycles. The third-order valence-electron chi connectivity index (χ3n) is 4.31. The second-order valence-electron chi connectivity index (χ2n) is 6.87. The highest BCUT2D eigenvalue weighted by Crippen LogP contribution is 2.30. The van der Waals surface area contributed by atoms with E-state index in [4.69, 9.17) is 14.2 Å². The maximum Gasteiger partial charge on any atom is 0.342 e. The van der Waals surface area contributed by atoms with Crippen LogP contribution in [-0.2, 0) is 9.53 Å². The van der Waals surface area contributed by atoms with Gasteiger partial charge in [-0.3, -0.25) is 0 Å². The first-order valence-electron chi connectivity index (χ1n) is 9.57. The number of nitrogens with one attached hydrogen (secondary N) is 2. The number of aliphatic carboxylic acids is 1. The molecule has 1 aromatic carbocycles. The van der Waals surface area contributed by atoms with E-state index in [0.29, 0.717) is 17.2 Å². The number of nitrogens with zero attached hydrogens (tertiary/aromatic N) is 1. The minimum absolute atomic E-state index is 0.0226. The molecule has 1 unspecified atom stereocenters. The quantitative estimate of drug-likeness (QED) is 0.480. The summed E-state index contributed by atoms with van der Waals surface area (Å²) in [4.78, 5) is 28.0. The van der Waals surface area contributed by atoms with E-state index < -0.39 is 23.8 Å². The summed E-state index contributed by atoms with van der Waals surface area (Å²) in [5.74, 6) is -2.55. The van der Waals surface area contributed by atoms with E-state index in [1.54, 1.807) is 39.0 Å². The second-order valence-corrected chi connectivity index (χ2v) is 6.87. The monoisotopic (exact) mass is 435 g/mol. The molecular weight excluding hydrogens is 409 g/mol. The van der Waals surface area contributed by atoms with Gasteiger partial charge in [0.25, 0.3) is 0 Å². The molecule has 0 aliphatic heterocycles. The molecule has 9 nitrogen and oxygen atoms in total. The number of hydrogen-bond acceptors (Lipinski definition) is 8. The number of carboxylic acids is 1. The molecule has 10 heteroatoms. The van der Waals surface area contributed by atoms with Crippen LogP contribution >= 0.6 is 0 Å². The van der Waals surface area contributed by atoms with Crippen molar-refractivity contribution in [2.45, 2.75) is 26.8 Å². The molecule has 31 heavy (non-hydrogen) atoms. The molecule has 0 spiro atoms. The lowest BCUT2D eigenvalue weighted by molar-refractivity contribution is -0.138. The van der Waals surface area contributed by atoms with Gasteiger partial charge in [0, 0.05) is 23.9 Å². The maximum absolute atomic E-state index is 14.7. The Bertz CT molecular complexity index is 929. The number of esters is 1. The van der Waals surface area contributed by atoms with Gasteiger partial charge >= 0.3 is 11.9 Å². The zero-order chi connectivity index (χ0) is 23.1. The number of rotatable bonds is 10. The van der Waals surface area contributed by atoms with Crippen LogP contribution < -0.4 is 20.1 Å². The largest absolute Gasteiger partial charge is 0.497 e. The topological polar surface area (TPSA) is 119 Å². The zero-order valence-electron chi connectivity index (χ0n) is 18.0. The molecule has 0 bridgehead atoms. The minimum Gasteiger partial charge on any atom is -0.497 e. The van der Waals surface area contributed by atoms with Crippen molar-refractivity contribution in [3.63, 3.8) is 0 Å². The number of hydrogen-bond donors (Lipinski definition) is 3. The summed E-state index contributed by atoms with van der Waals surface area (Å²) in [5.41, 5.74) is 0.300. The number of carbonyl (C=O) groups is 2. The van der Waals surface area contributed by atoms with Gasteiger partial charge in [-0.05, 0) is 18.9 Å². The Balaban J connectivity index is 2.54. The predicted octanol–water partition coefficient (Wildman–Crippen LogP) is 3.68. The van der Waals surface area contributed by atoms with Crippen LogP contribution in [0.2, 0.25) is 0 Å². The van der Waals surface area contributed by atoms with Crippen molar-refractivity contribution in [1.29, 1.82) is 0 Å². The number of benzene rings is 1. The van der Waals surface area contributed by atoms with Crippen LogP contribution in [0.4, 0.5) is 21.7 Å². The Morgan fingerprint density at radius 2 is 1.71 bits per heavy atom. The fourth-order valence-corrected chi connectivity index (χ4v) is 2.73. The number of aromatic nitrogens is 1. The molecule has 2 rings (SSSR count). The van der Waals surface area contributed by atoms with Crippen molar-refractivity contribution in [1.82, 2.24) is 4.98 Å². The van der Waals surface area contributed by atoms with Crippen LogP contribution in [0, 0.1) is 11.7 Å². The van der Waals surface area contributed by atoms with Gasteiger partial charge in [0.15, 0.2) is 11.6 Å². The molecule has 3 N–H and O–H groups in total. The van der Waals surface area contributed by atoms with Crippen molar-refractivity contribution >= 4 is 29.3 Å². The fraction of sp³-hybridized carbons (Fsp3) is 0.381. The van der Waals surface area contributed by atoms with Gasteiger partial charge in [0.2, 0.25) is 0 Å². The lowest BCUT2D eigenvalue weighted by Crippen LogP contribution is -2.35. The summed E-state index contributed by atoms with van der Waals surface area (Å²) < 4.78 is 30.2. The molecule has 1 aromatic heterocycles. The first-order chi connectivity index (χ1) is 14.7. The van der Waals surface area contributed by atoms with Gasteiger partial charge in [0.05, 0.1) is 20.8 Å². The highest BCUT2D eigenvalue weighted by Gasteiger charge is 2.25. The Kier molecular flexibility index (Phi) is 8.00. The van der Waals surface area contributed by atoms with Gasteiger partial charge in [-0.1, -0.05) is 13.8 Å². The SMILES string of the molecule is CCOC(=O)c1cc(F)c(NC(C(=O)O)C(C)C)nc1Nc1cc(OC)cc(OC)c1. The number of carbonyl (C=O) groups excluding carboxylic acids is 1. The van der Waals surface area contributed by atoms with E-state index in [-0.39, 0.29) is 29.7 Å². The van der Waals surface area contributed by atoms with Crippen molar-refractivity contribution in [2.24, 2.45) is 5.92 Å². The molecule has 0 amide bonds. The number of pyridine rings is 1. The number of ether oxygens (including phenoxy) is 3. The van der Waals surface area contributed by atoms with E-state index in [0.717, 1.165) is 6.07 Å². The lowest BCUT2D eigenvalue weighted by atomic mass is 10.0. The van der Waals surface area contributed by atoms with Gasteiger partial charge in [0.1, 0.15) is 28.9 Å². The smallest absolute Gasteiger partial charge is 0.342 e. The molecule has 0 saturated carbocycles. The first kappa shape index (κ1) is 23.7. The van der Waals surface area contributed by atoms with Gasteiger partial charge < -0.3 is 30.0 Å². The molecule has 0 aliphatic carbocycles. The van der Waals surface area contributed by atoms with Crippen LogP contribution in [0.1, 0.15) is 31.1 Å². The van der Waals surface area contributed by atoms with E-state index in [1.165, 1.54) is 14.2 Å². The summed E-state index contributed by atoms with van der Waals surface area (Å²) >= 11 is 0. The summed E-state index contributed by atoms with van der Waals surface area (Å²) in [7, 11) is 2.97. The minimum atomic E-state index is -1.15. The maximum atomic E-state index is 14.7. The lowest BCUT2D eigenvalue weighted by Gasteiger charge is -2.20. The number of methoxy groups -OCH3 is 2. The molecule has 1 atom stereocenters. The molecule has 0 aliphatic rings. The Hall–Kier alpha value is -3.56. The van der Waals surface area contributed by atoms with Crippen molar-refractivity contribution < 1.29 is 33.3 Å². The first-order valence-corrected chi connectivity index (χ1v) is 9.57. The Morgan fingerprint density at radius 1 is 1.10 bits per heavy atom. The third kappa shape index (κ3) is 5.97. The van der Waals surface area contributed by atoms with Crippen LogP contribution in [0.3, 0.4) is 0 Å². The molecule has 168 valence electrons. The highest BCUT2D eigenvalue weighted by atomic mass is 19.1. The van der Waals surface area contributed by atoms with Crippen LogP contribution in [-0.4, -0.2) is 48.9 Å².